The topological polar surface area (TPSA) is 72.2 Å². The Morgan fingerprint density at radius 3 is 2.56 bits per heavy atom. The highest BCUT2D eigenvalue weighted by Crippen LogP contribution is 2.18. The predicted molar refractivity (Wildman–Crippen MR) is 64.9 cm³/mol. The Hall–Kier alpha value is -1.98. The third-order valence-electron chi connectivity index (χ3n) is 2.73. The lowest BCUT2D eigenvalue weighted by molar-refractivity contribution is -0.387. The van der Waals surface area contributed by atoms with Crippen LogP contribution in [0.15, 0.2) is 18.2 Å². The summed E-state index contributed by atoms with van der Waals surface area (Å²) < 4.78 is 13.1. The second kappa shape index (κ2) is 6.09. The van der Waals surface area contributed by atoms with Gasteiger partial charge in [0.2, 0.25) is 5.82 Å². The number of nitro groups is 1. The van der Waals surface area contributed by atoms with Gasteiger partial charge in [-0.15, -0.1) is 0 Å². The highest BCUT2D eigenvalue weighted by Gasteiger charge is 2.18. The Bertz CT molecular complexity index is 459. The lowest BCUT2D eigenvalue weighted by Gasteiger charge is -2.14. The number of hydrogen-bond donors (Lipinski definition) is 1. The molecule has 98 valence electrons. The second-order valence-electron chi connectivity index (χ2n) is 3.91. The summed E-state index contributed by atoms with van der Waals surface area (Å²) in [5, 5.41) is 13.3. The highest BCUT2D eigenvalue weighted by atomic mass is 19.1. The van der Waals surface area contributed by atoms with Crippen molar-refractivity contribution in [3.63, 3.8) is 0 Å². The van der Waals surface area contributed by atoms with Crippen LogP contribution in [-0.4, -0.2) is 16.9 Å². The molecule has 1 rings (SSSR count). The lowest BCUT2D eigenvalue weighted by atomic mass is 10.1. The molecule has 1 amide bonds. The maximum atomic E-state index is 13.1. The molecule has 0 aliphatic heterocycles. The molecular formula is C12H15FN2O3. The average Bonchev–Trinajstić information content (AvgIpc) is 2.35. The van der Waals surface area contributed by atoms with Gasteiger partial charge >= 0.3 is 5.69 Å². The Balaban J connectivity index is 2.93. The monoisotopic (exact) mass is 254 g/mol. The molecule has 1 N–H and O–H groups in total. The van der Waals surface area contributed by atoms with Crippen LogP contribution in [0.25, 0.3) is 0 Å². The van der Waals surface area contributed by atoms with Crippen LogP contribution in [0.3, 0.4) is 0 Å². The number of carbonyl (C=O) groups is 1. The molecule has 0 radical (unpaired) electrons. The van der Waals surface area contributed by atoms with Gasteiger partial charge in [0, 0.05) is 17.7 Å². The van der Waals surface area contributed by atoms with E-state index in [4.69, 9.17) is 0 Å². The predicted octanol–water partition coefficient (Wildman–Crippen LogP) is 2.65. The Morgan fingerprint density at radius 1 is 1.44 bits per heavy atom. The molecule has 1 aromatic carbocycles. The minimum absolute atomic E-state index is 0.0154. The van der Waals surface area contributed by atoms with Gasteiger partial charge in [-0.05, 0) is 25.0 Å². The second-order valence-corrected chi connectivity index (χ2v) is 3.91. The first-order valence-corrected chi connectivity index (χ1v) is 5.74. The summed E-state index contributed by atoms with van der Waals surface area (Å²) in [5.74, 6) is -1.37. The molecule has 0 fully saturated rings. The molecule has 0 aliphatic carbocycles. The SMILES string of the molecule is CCC(CC)NC(=O)c1ccc(F)c([N+](=O)[O-])c1. The molecule has 5 nitrogen and oxygen atoms in total. The number of halogens is 1. The zero-order valence-corrected chi connectivity index (χ0v) is 10.3. The van der Waals surface area contributed by atoms with Crippen LogP contribution in [-0.2, 0) is 0 Å². The van der Waals surface area contributed by atoms with E-state index in [0.29, 0.717) is 0 Å². The van der Waals surface area contributed by atoms with Crippen molar-refractivity contribution in [1.82, 2.24) is 5.32 Å². The molecule has 0 saturated carbocycles. The van der Waals surface area contributed by atoms with Crippen molar-refractivity contribution < 1.29 is 14.1 Å². The normalized spacial score (nSPS) is 10.4. The number of nitro benzene ring substituents is 1. The van der Waals surface area contributed by atoms with Gasteiger partial charge in [0.25, 0.3) is 5.91 Å². The van der Waals surface area contributed by atoms with E-state index in [1.165, 1.54) is 6.07 Å². The van der Waals surface area contributed by atoms with E-state index in [-0.39, 0.29) is 11.6 Å². The van der Waals surface area contributed by atoms with E-state index < -0.39 is 22.3 Å². The summed E-state index contributed by atoms with van der Waals surface area (Å²) in [6.45, 7) is 3.86. The van der Waals surface area contributed by atoms with Crippen LogP contribution >= 0.6 is 0 Å². The van der Waals surface area contributed by atoms with Gasteiger partial charge in [0.05, 0.1) is 4.92 Å². The number of amides is 1. The van der Waals surface area contributed by atoms with Crippen molar-refractivity contribution in [2.45, 2.75) is 32.7 Å². The molecule has 0 saturated heterocycles. The van der Waals surface area contributed by atoms with Crippen LogP contribution < -0.4 is 5.32 Å². The molecule has 0 bridgehead atoms. The van der Waals surface area contributed by atoms with Crippen LogP contribution in [0.5, 0.6) is 0 Å². The first kappa shape index (κ1) is 14.1. The van der Waals surface area contributed by atoms with Gasteiger partial charge in [-0.1, -0.05) is 13.8 Å². The van der Waals surface area contributed by atoms with E-state index in [2.05, 4.69) is 5.32 Å². The van der Waals surface area contributed by atoms with Crippen molar-refractivity contribution in [3.8, 4) is 0 Å². The standard InChI is InChI=1S/C12H15FN2O3/c1-3-9(4-2)14-12(16)8-5-6-10(13)11(7-8)15(17)18/h5-7,9H,3-4H2,1-2H3,(H,14,16). The fraction of sp³-hybridized carbons (Fsp3) is 0.417. The van der Waals surface area contributed by atoms with E-state index >= 15 is 0 Å². The number of carbonyl (C=O) groups excluding carboxylic acids is 1. The zero-order valence-electron chi connectivity index (χ0n) is 10.3. The minimum Gasteiger partial charge on any atom is -0.349 e. The summed E-state index contributed by atoms with van der Waals surface area (Å²) in [5.41, 5.74) is -0.595. The fourth-order valence-electron chi connectivity index (χ4n) is 1.56. The fourth-order valence-corrected chi connectivity index (χ4v) is 1.56. The molecular weight excluding hydrogens is 239 g/mol. The third kappa shape index (κ3) is 3.26. The molecule has 0 aliphatic rings. The maximum Gasteiger partial charge on any atom is 0.305 e. The average molecular weight is 254 g/mol. The number of benzene rings is 1. The molecule has 0 heterocycles. The number of rotatable bonds is 5. The largest absolute Gasteiger partial charge is 0.349 e. The number of nitrogens with zero attached hydrogens (tertiary/aromatic N) is 1. The van der Waals surface area contributed by atoms with Crippen molar-refractivity contribution in [3.05, 3.63) is 39.7 Å². The van der Waals surface area contributed by atoms with Crippen LogP contribution in [0.4, 0.5) is 10.1 Å². The molecule has 0 aromatic heterocycles. The molecule has 0 unspecified atom stereocenters. The van der Waals surface area contributed by atoms with E-state index in [9.17, 15) is 19.3 Å². The summed E-state index contributed by atoms with van der Waals surface area (Å²) >= 11 is 0. The van der Waals surface area contributed by atoms with Crippen LogP contribution in [0.2, 0.25) is 0 Å². The summed E-state index contributed by atoms with van der Waals surface area (Å²) in [7, 11) is 0. The first-order valence-electron chi connectivity index (χ1n) is 5.74. The van der Waals surface area contributed by atoms with E-state index in [1.807, 2.05) is 13.8 Å². The van der Waals surface area contributed by atoms with Gasteiger partial charge < -0.3 is 5.32 Å². The van der Waals surface area contributed by atoms with E-state index in [0.717, 1.165) is 25.0 Å². The molecule has 6 heteroatoms. The van der Waals surface area contributed by atoms with Gasteiger partial charge in [-0.2, -0.15) is 4.39 Å². The summed E-state index contributed by atoms with van der Waals surface area (Å²) in [6.07, 6.45) is 1.54. The first-order chi connectivity index (χ1) is 8.49. The third-order valence-corrected chi connectivity index (χ3v) is 2.73. The summed E-state index contributed by atoms with van der Waals surface area (Å²) in [6, 6.07) is 3.13. The molecule has 0 spiro atoms. The van der Waals surface area contributed by atoms with Crippen LogP contribution in [0, 0.1) is 15.9 Å². The minimum atomic E-state index is -0.945. The quantitative estimate of drug-likeness (QED) is 0.648. The Labute approximate surface area is 104 Å². The van der Waals surface area contributed by atoms with Crippen molar-refractivity contribution >= 4 is 11.6 Å². The zero-order chi connectivity index (χ0) is 13.7. The Morgan fingerprint density at radius 2 is 2.06 bits per heavy atom. The lowest BCUT2D eigenvalue weighted by Crippen LogP contribution is -2.33. The van der Waals surface area contributed by atoms with Gasteiger partial charge in [0.15, 0.2) is 0 Å². The highest BCUT2D eigenvalue weighted by molar-refractivity contribution is 5.95. The Kier molecular flexibility index (Phi) is 4.76. The van der Waals surface area contributed by atoms with E-state index in [1.54, 1.807) is 0 Å². The molecule has 18 heavy (non-hydrogen) atoms. The smallest absolute Gasteiger partial charge is 0.305 e. The van der Waals surface area contributed by atoms with Crippen molar-refractivity contribution in [1.29, 1.82) is 0 Å². The van der Waals surface area contributed by atoms with Gasteiger partial charge in [-0.25, -0.2) is 0 Å². The van der Waals surface area contributed by atoms with Crippen molar-refractivity contribution in [2.24, 2.45) is 0 Å². The van der Waals surface area contributed by atoms with Gasteiger partial charge in [0.1, 0.15) is 0 Å². The van der Waals surface area contributed by atoms with Gasteiger partial charge in [-0.3, -0.25) is 14.9 Å². The molecule has 0 atom stereocenters. The maximum absolute atomic E-state index is 13.1. The number of hydrogen-bond acceptors (Lipinski definition) is 3. The van der Waals surface area contributed by atoms with Crippen LogP contribution in [0.1, 0.15) is 37.0 Å². The number of nitrogens with one attached hydrogen (secondary N) is 1. The summed E-state index contributed by atoms with van der Waals surface area (Å²) in [4.78, 5) is 21.5. The van der Waals surface area contributed by atoms with Crippen molar-refractivity contribution in [2.75, 3.05) is 0 Å². The molecule has 1 aromatic rings.